The molecular formula is C12H20N2OS2. The van der Waals surface area contributed by atoms with Crippen molar-refractivity contribution in [3.05, 3.63) is 11.6 Å². The van der Waals surface area contributed by atoms with Crippen molar-refractivity contribution in [1.29, 1.82) is 0 Å². The smallest absolute Gasteiger partial charge is 0.150 e. The summed E-state index contributed by atoms with van der Waals surface area (Å²) >= 11 is 3.57. The number of nitrogens with one attached hydrogen (secondary N) is 1. The molecule has 1 aromatic rings. The largest absolute Gasteiger partial charge is 0.394 e. The second-order valence-corrected chi connectivity index (χ2v) is 7.09. The first-order valence-electron chi connectivity index (χ1n) is 6.20. The van der Waals surface area contributed by atoms with E-state index in [1.54, 1.807) is 11.3 Å². The maximum Gasteiger partial charge on any atom is 0.150 e. The maximum absolute atomic E-state index is 9.60. The summed E-state index contributed by atoms with van der Waals surface area (Å²) in [7, 11) is 0. The molecule has 2 atom stereocenters. The standard InChI is InChI=1S/C12H20N2OS2/c1-2-5-14-12(9-15)4-3-10(8-12)17-11-13-6-7-16-11/h6-7,10,14-15H,2-5,8-9H2,1H3. The zero-order valence-corrected chi connectivity index (χ0v) is 11.8. The minimum Gasteiger partial charge on any atom is -0.394 e. The molecule has 1 fully saturated rings. The van der Waals surface area contributed by atoms with Crippen molar-refractivity contribution in [2.45, 2.75) is 47.7 Å². The molecule has 2 rings (SSSR count). The fourth-order valence-corrected chi connectivity index (χ4v) is 4.54. The SMILES string of the molecule is CCCNC1(CO)CCC(Sc2nccs2)C1. The number of thioether (sulfide) groups is 1. The molecular weight excluding hydrogens is 252 g/mol. The molecule has 1 saturated carbocycles. The Kier molecular flexibility index (Phi) is 4.85. The van der Waals surface area contributed by atoms with Crippen LogP contribution < -0.4 is 5.32 Å². The van der Waals surface area contributed by atoms with Gasteiger partial charge >= 0.3 is 0 Å². The summed E-state index contributed by atoms with van der Waals surface area (Å²) < 4.78 is 1.15. The van der Waals surface area contributed by atoms with Crippen LogP contribution in [-0.4, -0.2) is 34.0 Å². The van der Waals surface area contributed by atoms with E-state index in [-0.39, 0.29) is 12.1 Å². The van der Waals surface area contributed by atoms with Crippen LogP contribution in [0.2, 0.25) is 0 Å². The van der Waals surface area contributed by atoms with Gasteiger partial charge in [-0.15, -0.1) is 11.3 Å². The topological polar surface area (TPSA) is 45.1 Å². The molecule has 2 N–H and O–H groups in total. The molecule has 1 aliphatic carbocycles. The molecule has 0 bridgehead atoms. The van der Waals surface area contributed by atoms with E-state index >= 15 is 0 Å². The number of hydrogen-bond acceptors (Lipinski definition) is 5. The van der Waals surface area contributed by atoms with E-state index < -0.39 is 0 Å². The molecule has 1 heterocycles. The van der Waals surface area contributed by atoms with Gasteiger partial charge < -0.3 is 10.4 Å². The summed E-state index contributed by atoms with van der Waals surface area (Å²) in [5.74, 6) is 0. The third-order valence-electron chi connectivity index (χ3n) is 3.29. The van der Waals surface area contributed by atoms with E-state index in [2.05, 4.69) is 17.2 Å². The van der Waals surface area contributed by atoms with Crippen molar-refractivity contribution < 1.29 is 5.11 Å². The van der Waals surface area contributed by atoms with Gasteiger partial charge in [-0.05, 0) is 32.2 Å². The molecule has 1 aromatic heterocycles. The summed E-state index contributed by atoms with van der Waals surface area (Å²) in [6.45, 7) is 3.41. The lowest BCUT2D eigenvalue weighted by atomic mass is 9.99. The predicted octanol–water partition coefficient (Wildman–Crippen LogP) is 2.52. The Balaban J connectivity index is 1.88. The number of rotatable bonds is 6. The highest BCUT2D eigenvalue weighted by molar-refractivity contribution is 8.01. The fourth-order valence-electron chi connectivity index (χ4n) is 2.34. The lowest BCUT2D eigenvalue weighted by Crippen LogP contribution is -2.46. The Bertz CT molecular complexity index is 331. The molecule has 0 saturated heterocycles. The highest BCUT2D eigenvalue weighted by atomic mass is 32.2. The predicted molar refractivity (Wildman–Crippen MR) is 73.7 cm³/mol. The summed E-state index contributed by atoms with van der Waals surface area (Å²) in [5.41, 5.74) is -0.0368. The lowest BCUT2D eigenvalue weighted by Gasteiger charge is -2.28. The fraction of sp³-hybridized carbons (Fsp3) is 0.750. The highest BCUT2D eigenvalue weighted by Crippen LogP contribution is 2.40. The van der Waals surface area contributed by atoms with E-state index in [9.17, 15) is 5.11 Å². The van der Waals surface area contributed by atoms with E-state index in [4.69, 9.17) is 0 Å². The number of aliphatic hydroxyl groups is 1. The van der Waals surface area contributed by atoms with Gasteiger partial charge in [0.1, 0.15) is 4.34 Å². The van der Waals surface area contributed by atoms with Crippen LogP contribution in [0.4, 0.5) is 0 Å². The number of aliphatic hydroxyl groups excluding tert-OH is 1. The van der Waals surface area contributed by atoms with Gasteiger partial charge in [-0.2, -0.15) is 0 Å². The van der Waals surface area contributed by atoms with Crippen molar-refractivity contribution in [3.63, 3.8) is 0 Å². The van der Waals surface area contributed by atoms with Crippen LogP contribution in [0.25, 0.3) is 0 Å². The van der Waals surface area contributed by atoms with Crippen molar-refractivity contribution >= 4 is 23.1 Å². The first kappa shape index (κ1) is 13.3. The average molecular weight is 272 g/mol. The van der Waals surface area contributed by atoms with Crippen LogP contribution in [0, 0.1) is 0 Å². The van der Waals surface area contributed by atoms with E-state index in [1.807, 2.05) is 23.3 Å². The summed E-state index contributed by atoms with van der Waals surface area (Å²) in [5, 5.41) is 15.7. The molecule has 5 heteroatoms. The van der Waals surface area contributed by atoms with Gasteiger partial charge in [-0.1, -0.05) is 18.7 Å². The highest BCUT2D eigenvalue weighted by Gasteiger charge is 2.38. The van der Waals surface area contributed by atoms with Crippen molar-refractivity contribution in [1.82, 2.24) is 10.3 Å². The zero-order valence-electron chi connectivity index (χ0n) is 10.2. The van der Waals surface area contributed by atoms with Gasteiger partial charge in [-0.3, -0.25) is 0 Å². The molecule has 0 aliphatic heterocycles. The zero-order chi connectivity index (χ0) is 12.1. The molecule has 2 unspecified atom stereocenters. The summed E-state index contributed by atoms with van der Waals surface area (Å²) in [4.78, 5) is 4.31. The van der Waals surface area contributed by atoms with E-state index in [0.717, 1.165) is 30.1 Å². The Morgan fingerprint density at radius 3 is 3.24 bits per heavy atom. The molecule has 96 valence electrons. The first-order valence-corrected chi connectivity index (χ1v) is 7.96. The first-order chi connectivity index (χ1) is 8.28. The number of aromatic nitrogens is 1. The Morgan fingerprint density at radius 1 is 1.71 bits per heavy atom. The molecule has 0 spiro atoms. The molecule has 17 heavy (non-hydrogen) atoms. The van der Waals surface area contributed by atoms with E-state index in [0.29, 0.717) is 5.25 Å². The minimum absolute atomic E-state index is 0.0368. The normalized spacial score (nSPS) is 28.7. The second-order valence-electron chi connectivity index (χ2n) is 4.65. The number of nitrogens with zero attached hydrogens (tertiary/aromatic N) is 1. The molecule has 3 nitrogen and oxygen atoms in total. The van der Waals surface area contributed by atoms with Crippen molar-refractivity contribution in [2.75, 3.05) is 13.2 Å². The molecule has 0 amide bonds. The molecule has 0 aromatic carbocycles. The van der Waals surface area contributed by atoms with Crippen LogP contribution in [0.3, 0.4) is 0 Å². The van der Waals surface area contributed by atoms with Crippen LogP contribution in [0.5, 0.6) is 0 Å². The average Bonchev–Trinajstić information content (AvgIpc) is 2.98. The van der Waals surface area contributed by atoms with Gasteiger partial charge in [0.2, 0.25) is 0 Å². The van der Waals surface area contributed by atoms with Crippen molar-refractivity contribution in [3.8, 4) is 0 Å². The Labute approximate surface area is 111 Å². The third-order valence-corrected chi connectivity index (χ3v) is 5.48. The number of hydrogen-bond donors (Lipinski definition) is 2. The van der Waals surface area contributed by atoms with Gasteiger partial charge in [0.15, 0.2) is 0 Å². The van der Waals surface area contributed by atoms with Crippen LogP contribution in [0.1, 0.15) is 32.6 Å². The van der Waals surface area contributed by atoms with Crippen LogP contribution in [-0.2, 0) is 0 Å². The molecule has 0 radical (unpaired) electrons. The van der Waals surface area contributed by atoms with E-state index in [1.165, 1.54) is 6.42 Å². The Hall–Kier alpha value is -0.100. The van der Waals surface area contributed by atoms with Crippen molar-refractivity contribution in [2.24, 2.45) is 0 Å². The second kappa shape index (κ2) is 6.18. The lowest BCUT2D eigenvalue weighted by molar-refractivity contribution is 0.165. The van der Waals surface area contributed by atoms with Crippen LogP contribution in [0.15, 0.2) is 15.9 Å². The summed E-state index contributed by atoms with van der Waals surface area (Å²) in [6.07, 6.45) is 6.27. The Morgan fingerprint density at radius 2 is 2.59 bits per heavy atom. The minimum atomic E-state index is -0.0368. The van der Waals surface area contributed by atoms with Gasteiger partial charge in [0, 0.05) is 22.4 Å². The molecule has 1 aliphatic rings. The monoisotopic (exact) mass is 272 g/mol. The van der Waals surface area contributed by atoms with Gasteiger partial charge in [0.25, 0.3) is 0 Å². The van der Waals surface area contributed by atoms with Crippen LogP contribution >= 0.6 is 23.1 Å². The van der Waals surface area contributed by atoms with Gasteiger partial charge in [-0.25, -0.2) is 4.98 Å². The quantitative estimate of drug-likeness (QED) is 0.835. The third kappa shape index (κ3) is 3.44. The van der Waals surface area contributed by atoms with Gasteiger partial charge in [0.05, 0.1) is 6.61 Å². The maximum atomic E-state index is 9.60. The number of thiazole rings is 1. The summed E-state index contributed by atoms with van der Waals surface area (Å²) in [6, 6.07) is 0.